The van der Waals surface area contributed by atoms with E-state index < -0.39 is 5.91 Å². The van der Waals surface area contributed by atoms with Crippen LogP contribution in [0.4, 0.5) is 5.95 Å². The molecular weight excluding hydrogens is 325 g/mol. The predicted molar refractivity (Wildman–Crippen MR) is 84.6 cm³/mol. The highest BCUT2D eigenvalue weighted by Crippen LogP contribution is 2.35. The Morgan fingerprint density at radius 3 is 2.50 bits per heavy atom. The molecule has 1 radical (unpaired) electrons. The van der Waals surface area contributed by atoms with Gasteiger partial charge in [-0.3, -0.25) is 4.79 Å². The lowest BCUT2D eigenvalue weighted by molar-refractivity contribution is 0.0997. The standard InChI is InChI=1S/C14H8Cl2N5O/c15-8-2-1-3-9(16)10(8)6-4-7-11(12(17)22)20-14(18)21-13(7)19-5-6/h1-4H,(H2,17,22)(H2,18,19,20,21). The highest BCUT2D eigenvalue weighted by Gasteiger charge is 2.16. The van der Waals surface area contributed by atoms with Crippen LogP contribution in [0.1, 0.15) is 10.5 Å². The van der Waals surface area contributed by atoms with Gasteiger partial charge in [-0.05, 0) is 18.2 Å². The normalized spacial score (nSPS) is 10.8. The van der Waals surface area contributed by atoms with E-state index in [1.165, 1.54) is 0 Å². The molecule has 2 heterocycles. The Kier molecular flexibility index (Phi) is 3.56. The number of halogens is 2. The van der Waals surface area contributed by atoms with Gasteiger partial charge in [0.15, 0.2) is 5.65 Å². The van der Waals surface area contributed by atoms with Gasteiger partial charge in [0.05, 0.1) is 11.6 Å². The number of nitrogen functional groups attached to an aromatic ring is 1. The average Bonchev–Trinajstić information content (AvgIpc) is 2.46. The van der Waals surface area contributed by atoms with E-state index in [1.54, 1.807) is 24.3 Å². The Morgan fingerprint density at radius 1 is 1.18 bits per heavy atom. The number of nitrogens with zero attached hydrogens (tertiary/aromatic N) is 3. The number of carbonyl (C=O) groups excluding carboxylic acids is 1. The minimum Gasteiger partial charge on any atom is -0.368 e. The first-order valence-corrected chi connectivity index (χ1v) is 6.83. The first-order valence-electron chi connectivity index (χ1n) is 6.07. The molecule has 2 aromatic heterocycles. The highest BCUT2D eigenvalue weighted by molar-refractivity contribution is 6.39. The van der Waals surface area contributed by atoms with Gasteiger partial charge < -0.3 is 11.5 Å². The largest absolute Gasteiger partial charge is 0.368 e. The van der Waals surface area contributed by atoms with Crippen molar-refractivity contribution in [1.82, 2.24) is 15.0 Å². The van der Waals surface area contributed by atoms with Gasteiger partial charge in [0, 0.05) is 21.2 Å². The van der Waals surface area contributed by atoms with E-state index in [0.717, 1.165) is 0 Å². The lowest BCUT2D eigenvalue weighted by Crippen LogP contribution is -2.15. The smallest absolute Gasteiger partial charge is 0.268 e. The second-order valence-electron chi connectivity index (χ2n) is 4.41. The summed E-state index contributed by atoms with van der Waals surface area (Å²) in [5.74, 6) is -0.825. The molecule has 22 heavy (non-hydrogen) atoms. The minimum absolute atomic E-state index is 0.0200. The zero-order valence-electron chi connectivity index (χ0n) is 11.0. The molecule has 0 aliphatic carbocycles. The number of fused-ring (bicyclic) bond motifs is 1. The summed E-state index contributed by atoms with van der Waals surface area (Å²) in [4.78, 5) is 23.4. The van der Waals surface area contributed by atoms with Crippen molar-refractivity contribution in [3.05, 3.63) is 46.2 Å². The van der Waals surface area contributed by atoms with Crippen LogP contribution in [-0.4, -0.2) is 20.9 Å². The topological polar surface area (TPSA) is 108 Å². The van der Waals surface area contributed by atoms with Gasteiger partial charge in [0.2, 0.25) is 5.95 Å². The van der Waals surface area contributed by atoms with Gasteiger partial charge in [-0.1, -0.05) is 29.3 Å². The van der Waals surface area contributed by atoms with Crippen molar-refractivity contribution in [2.45, 2.75) is 0 Å². The first kappa shape index (κ1) is 14.5. The van der Waals surface area contributed by atoms with E-state index in [2.05, 4.69) is 21.1 Å². The number of carbonyl (C=O) groups is 1. The number of benzene rings is 1. The third kappa shape index (κ3) is 2.43. The molecule has 6 nitrogen and oxygen atoms in total. The maximum Gasteiger partial charge on any atom is 0.268 e. The Labute approximate surface area is 135 Å². The van der Waals surface area contributed by atoms with Gasteiger partial charge in [0.25, 0.3) is 5.91 Å². The molecule has 4 N–H and O–H groups in total. The van der Waals surface area contributed by atoms with E-state index in [0.29, 0.717) is 26.6 Å². The molecule has 0 spiro atoms. The quantitative estimate of drug-likeness (QED) is 0.749. The van der Waals surface area contributed by atoms with E-state index >= 15 is 0 Å². The van der Waals surface area contributed by atoms with Crippen LogP contribution in [-0.2, 0) is 0 Å². The summed E-state index contributed by atoms with van der Waals surface area (Å²) in [7, 11) is 0. The lowest BCUT2D eigenvalue weighted by Gasteiger charge is -2.08. The maximum atomic E-state index is 11.5. The Balaban J connectivity index is 2.32. The summed E-state index contributed by atoms with van der Waals surface area (Å²) >= 11 is 12.3. The molecule has 3 aromatic rings. The van der Waals surface area contributed by atoms with Crippen LogP contribution in [0.5, 0.6) is 0 Å². The monoisotopic (exact) mass is 332 g/mol. The van der Waals surface area contributed by atoms with Crippen LogP contribution in [0.15, 0.2) is 24.3 Å². The molecule has 3 rings (SSSR count). The fourth-order valence-corrected chi connectivity index (χ4v) is 2.65. The minimum atomic E-state index is -0.733. The molecule has 8 heteroatoms. The number of rotatable bonds is 2. The van der Waals surface area contributed by atoms with Crippen molar-refractivity contribution in [2.24, 2.45) is 5.73 Å². The molecule has 0 unspecified atom stereocenters. The zero-order chi connectivity index (χ0) is 15.9. The van der Waals surface area contributed by atoms with Crippen LogP contribution < -0.4 is 11.5 Å². The van der Waals surface area contributed by atoms with Crippen LogP contribution in [0.25, 0.3) is 22.2 Å². The van der Waals surface area contributed by atoms with Crippen molar-refractivity contribution >= 4 is 46.1 Å². The van der Waals surface area contributed by atoms with Crippen molar-refractivity contribution in [3.63, 3.8) is 0 Å². The molecule has 0 aliphatic heterocycles. The SMILES string of the molecule is NC(=O)c1nc(N)nc2n[c]c(-c3c(Cl)cccc3Cl)cc12. The van der Waals surface area contributed by atoms with Crippen molar-refractivity contribution < 1.29 is 4.79 Å². The lowest BCUT2D eigenvalue weighted by atomic mass is 10.1. The molecule has 1 aromatic carbocycles. The first-order chi connectivity index (χ1) is 10.5. The summed E-state index contributed by atoms with van der Waals surface area (Å²) in [6.07, 6.45) is 2.79. The van der Waals surface area contributed by atoms with Crippen LogP contribution in [0.3, 0.4) is 0 Å². The van der Waals surface area contributed by atoms with Crippen molar-refractivity contribution in [1.29, 1.82) is 0 Å². The fraction of sp³-hybridized carbons (Fsp3) is 0. The summed E-state index contributed by atoms with van der Waals surface area (Å²) in [5, 5.41) is 1.22. The van der Waals surface area contributed by atoms with Crippen LogP contribution >= 0.6 is 23.2 Å². The number of anilines is 1. The maximum absolute atomic E-state index is 11.5. The third-order valence-electron chi connectivity index (χ3n) is 2.98. The Morgan fingerprint density at radius 2 is 1.86 bits per heavy atom. The number of amides is 1. The second kappa shape index (κ2) is 5.40. The summed E-state index contributed by atoms with van der Waals surface area (Å²) in [6.45, 7) is 0. The molecule has 0 aliphatic rings. The molecule has 0 fully saturated rings. The summed E-state index contributed by atoms with van der Waals surface area (Å²) in [6, 6.07) is 6.71. The van der Waals surface area contributed by atoms with Gasteiger partial charge in [-0.25, -0.2) is 9.97 Å². The van der Waals surface area contributed by atoms with Gasteiger partial charge in [-0.15, -0.1) is 0 Å². The van der Waals surface area contributed by atoms with E-state index in [4.69, 9.17) is 34.7 Å². The molecule has 0 saturated heterocycles. The number of pyridine rings is 1. The number of primary amides is 1. The summed E-state index contributed by atoms with van der Waals surface area (Å²) in [5.41, 5.74) is 12.1. The number of nitrogens with two attached hydrogens (primary N) is 2. The predicted octanol–water partition coefficient (Wildman–Crippen LogP) is 2.48. The molecule has 1 amide bonds. The van der Waals surface area contributed by atoms with Gasteiger partial charge >= 0.3 is 0 Å². The van der Waals surface area contributed by atoms with Crippen LogP contribution in [0.2, 0.25) is 10.0 Å². The van der Waals surface area contributed by atoms with Gasteiger partial charge in [-0.2, -0.15) is 4.98 Å². The molecule has 0 atom stereocenters. The third-order valence-corrected chi connectivity index (χ3v) is 3.61. The van der Waals surface area contributed by atoms with E-state index in [9.17, 15) is 4.79 Å². The van der Waals surface area contributed by atoms with E-state index in [1.807, 2.05) is 0 Å². The summed E-state index contributed by atoms with van der Waals surface area (Å²) < 4.78 is 0. The van der Waals surface area contributed by atoms with Crippen molar-refractivity contribution in [2.75, 3.05) is 5.73 Å². The van der Waals surface area contributed by atoms with Crippen molar-refractivity contribution in [3.8, 4) is 11.1 Å². The Hall–Kier alpha value is -2.44. The Bertz CT molecular complexity index is 893. The highest BCUT2D eigenvalue weighted by atomic mass is 35.5. The number of hydrogen-bond acceptors (Lipinski definition) is 5. The average molecular weight is 333 g/mol. The fourth-order valence-electron chi connectivity index (χ4n) is 2.05. The molecule has 109 valence electrons. The molecule has 0 bridgehead atoms. The molecular formula is C14H8Cl2N5O. The molecule has 0 saturated carbocycles. The number of hydrogen-bond donors (Lipinski definition) is 2. The number of aromatic nitrogens is 3. The zero-order valence-corrected chi connectivity index (χ0v) is 12.5. The van der Waals surface area contributed by atoms with E-state index in [-0.39, 0.29) is 17.3 Å². The van der Waals surface area contributed by atoms with Gasteiger partial charge in [0.1, 0.15) is 5.69 Å². The second-order valence-corrected chi connectivity index (χ2v) is 5.22. The van der Waals surface area contributed by atoms with Crippen LogP contribution in [0, 0.1) is 6.20 Å².